The molecule has 2 aromatic carbocycles. The van der Waals surface area contributed by atoms with E-state index >= 15 is 0 Å². The highest BCUT2D eigenvalue weighted by Crippen LogP contribution is 2.35. The summed E-state index contributed by atoms with van der Waals surface area (Å²) in [6.07, 6.45) is 0. The van der Waals surface area contributed by atoms with Crippen molar-refractivity contribution >= 4 is 22.7 Å². The number of nitrogens with zero attached hydrogens (tertiary/aromatic N) is 4. The Balaban J connectivity index is 1.13. The number of carbonyl (C=O) groups excluding carboxylic acids is 1. The number of anilines is 1. The van der Waals surface area contributed by atoms with Crippen LogP contribution in [0.5, 0.6) is 11.5 Å². The lowest BCUT2D eigenvalue weighted by Crippen LogP contribution is -2.49. The second-order valence-corrected chi connectivity index (χ2v) is 8.10. The molecule has 0 N–H and O–H groups in total. The maximum atomic E-state index is 12.9. The number of para-hydroxylation sites is 1. The largest absolute Gasteiger partial charge is 0.454 e. The summed E-state index contributed by atoms with van der Waals surface area (Å²) in [5, 5.41) is 9.22. The van der Waals surface area contributed by atoms with Gasteiger partial charge in [-0.05, 0) is 42.5 Å². The molecule has 0 atom stereocenters. The lowest BCUT2D eigenvalue weighted by atomic mass is 10.1. The summed E-state index contributed by atoms with van der Waals surface area (Å²) in [6.45, 7) is 2.40. The predicted molar refractivity (Wildman–Crippen MR) is 124 cm³/mol. The Morgan fingerprint density at radius 1 is 0.853 bits per heavy atom. The van der Waals surface area contributed by atoms with Crippen molar-refractivity contribution in [2.24, 2.45) is 0 Å². The van der Waals surface area contributed by atoms with Gasteiger partial charge in [0.25, 0.3) is 5.91 Å². The number of aromatic nitrogens is 2. The summed E-state index contributed by atoms with van der Waals surface area (Å²) < 4.78 is 16.5. The molecular formula is C25H20N4O5. The molecule has 4 aromatic rings. The minimum Gasteiger partial charge on any atom is -0.454 e. The number of ether oxygens (including phenoxy) is 2. The van der Waals surface area contributed by atoms with Gasteiger partial charge in [-0.25, -0.2) is 0 Å². The molecule has 2 aliphatic rings. The molecule has 170 valence electrons. The molecule has 9 nitrogen and oxygen atoms in total. The Hall–Kier alpha value is -4.40. The third kappa shape index (κ3) is 3.61. The van der Waals surface area contributed by atoms with Crippen LogP contribution in [0.2, 0.25) is 0 Å². The molecule has 1 fully saturated rings. The first-order valence-corrected chi connectivity index (χ1v) is 11.0. The van der Waals surface area contributed by atoms with Crippen LogP contribution in [0.1, 0.15) is 10.6 Å². The van der Waals surface area contributed by atoms with Gasteiger partial charge in [0.05, 0.1) is 11.1 Å². The highest BCUT2D eigenvalue weighted by molar-refractivity contribution is 5.93. The molecule has 2 aromatic heterocycles. The van der Waals surface area contributed by atoms with Gasteiger partial charge in [0, 0.05) is 37.8 Å². The zero-order valence-corrected chi connectivity index (χ0v) is 18.1. The van der Waals surface area contributed by atoms with Gasteiger partial charge < -0.3 is 23.7 Å². The lowest BCUT2D eigenvalue weighted by molar-refractivity contribution is 0.0715. The third-order valence-electron chi connectivity index (χ3n) is 6.06. The molecule has 2 aliphatic heterocycles. The molecule has 34 heavy (non-hydrogen) atoms. The first-order chi connectivity index (χ1) is 16.7. The van der Waals surface area contributed by atoms with E-state index in [4.69, 9.17) is 13.9 Å². The Labute approximate surface area is 194 Å². The molecule has 0 spiro atoms. The highest BCUT2D eigenvalue weighted by Gasteiger charge is 2.25. The van der Waals surface area contributed by atoms with Crippen LogP contribution in [0.15, 0.2) is 69.9 Å². The van der Waals surface area contributed by atoms with Gasteiger partial charge in [-0.2, -0.15) is 0 Å². The number of rotatable bonds is 3. The maximum absolute atomic E-state index is 12.9. The summed E-state index contributed by atoms with van der Waals surface area (Å²) in [4.78, 5) is 29.1. The van der Waals surface area contributed by atoms with E-state index in [0.29, 0.717) is 42.9 Å². The molecular weight excluding hydrogens is 436 g/mol. The van der Waals surface area contributed by atoms with Crippen molar-refractivity contribution in [2.45, 2.75) is 0 Å². The molecule has 9 heteroatoms. The van der Waals surface area contributed by atoms with Gasteiger partial charge in [0.15, 0.2) is 28.5 Å². The zero-order valence-electron chi connectivity index (χ0n) is 18.1. The van der Waals surface area contributed by atoms with Crippen molar-refractivity contribution in [3.05, 3.63) is 76.6 Å². The van der Waals surface area contributed by atoms with E-state index in [2.05, 4.69) is 15.1 Å². The van der Waals surface area contributed by atoms with Crippen LogP contribution in [-0.2, 0) is 0 Å². The van der Waals surface area contributed by atoms with E-state index in [0.717, 1.165) is 22.8 Å². The summed E-state index contributed by atoms with van der Waals surface area (Å²) in [5.74, 6) is 1.95. The maximum Gasteiger partial charge on any atom is 0.289 e. The number of amides is 1. The van der Waals surface area contributed by atoms with E-state index in [1.807, 2.05) is 30.3 Å². The monoisotopic (exact) mass is 456 g/mol. The predicted octanol–water partition coefficient (Wildman–Crippen LogP) is 2.94. The summed E-state index contributed by atoms with van der Waals surface area (Å²) in [5.41, 5.74) is 1.83. The van der Waals surface area contributed by atoms with Gasteiger partial charge in [-0.15, -0.1) is 10.2 Å². The second kappa shape index (κ2) is 8.18. The molecule has 0 unspecified atom stereocenters. The van der Waals surface area contributed by atoms with Crippen molar-refractivity contribution < 1.29 is 18.7 Å². The molecule has 1 amide bonds. The Morgan fingerprint density at radius 3 is 2.50 bits per heavy atom. The van der Waals surface area contributed by atoms with Crippen molar-refractivity contribution in [3.63, 3.8) is 0 Å². The van der Waals surface area contributed by atoms with Gasteiger partial charge in [-0.3, -0.25) is 9.59 Å². The molecule has 1 saturated heterocycles. The SMILES string of the molecule is O=C(c1cc(=O)c2ccccc2o1)N1CCN(c2ccc(-c3ccc4c(c3)OCO4)nn2)CC1. The quantitative estimate of drug-likeness (QED) is 0.464. The Kier molecular flexibility index (Phi) is 4.87. The van der Waals surface area contributed by atoms with Crippen molar-refractivity contribution in [3.8, 4) is 22.8 Å². The molecule has 0 aliphatic carbocycles. The topological polar surface area (TPSA) is 98.0 Å². The van der Waals surface area contributed by atoms with E-state index in [9.17, 15) is 9.59 Å². The number of carbonyl (C=O) groups is 1. The van der Waals surface area contributed by atoms with Gasteiger partial charge >= 0.3 is 0 Å². The molecule has 0 bridgehead atoms. The number of fused-ring (bicyclic) bond motifs is 2. The number of hydrogen-bond donors (Lipinski definition) is 0. The van der Waals surface area contributed by atoms with Crippen LogP contribution in [-0.4, -0.2) is 54.0 Å². The fourth-order valence-electron chi connectivity index (χ4n) is 4.21. The summed E-state index contributed by atoms with van der Waals surface area (Å²) >= 11 is 0. The number of piperazine rings is 1. The van der Waals surface area contributed by atoms with Crippen LogP contribution < -0.4 is 19.8 Å². The van der Waals surface area contributed by atoms with Crippen molar-refractivity contribution in [1.29, 1.82) is 0 Å². The van der Waals surface area contributed by atoms with Crippen LogP contribution >= 0.6 is 0 Å². The van der Waals surface area contributed by atoms with Crippen molar-refractivity contribution in [1.82, 2.24) is 15.1 Å². The standard InChI is InChI=1S/C25H20N4O5/c30-19-14-23(34-20-4-2-1-3-17(19)20)25(31)29-11-9-28(10-12-29)24-8-6-18(26-27-24)16-5-7-21-22(13-16)33-15-32-21/h1-8,13-14H,9-12,15H2. The summed E-state index contributed by atoms with van der Waals surface area (Å²) in [6, 6.07) is 17.7. The minimum absolute atomic E-state index is 0.0602. The molecule has 6 rings (SSSR count). The first-order valence-electron chi connectivity index (χ1n) is 11.0. The molecule has 0 saturated carbocycles. The summed E-state index contributed by atoms with van der Waals surface area (Å²) in [7, 11) is 0. The van der Waals surface area contributed by atoms with Gasteiger partial charge in [0.2, 0.25) is 6.79 Å². The van der Waals surface area contributed by atoms with Crippen LogP contribution in [0.25, 0.3) is 22.2 Å². The second-order valence-electron chi connectivity index (χ2n) is 8.10. The van der Waals surface area contributed by atoms with Crippen LogP contribution in [0, 0.1) is 0 Å². The lowest BCUT2D eigenvalue weighted by Gasteiger charge is -2.34. The van der Waals surface area contributed by atoms with E-state index in [1.165, 1.54) is 6.07 Å². The first kappa shape index (κ1) is 20.2. The van der Waals surface area contributed by atoms with E-state index < -0.39 is 0 Å². The smallest absolute Gasteiger partial charge is 0.289 e. The number of hydrogen-bond acceptors (Lipinski definition) is 8. The fourth-order valence-corrected chi connectivity index (χ4v) is 4.21. The Bertz CT molecular complexity index is 1440. The van der Waals surface area contributed by atoms with Crippen LogP contribution in [0.4, 0.5) is 5.82 Å². The minimum atomic E-state index is -0.285. The fraction of sp³-hybridized carbons (Fsp3) is 0.200. The molecule has 4 heterocycles. The van der Waals surface area contributed by atoms with Gasteiger partial charge in [-0.1, -0.05) is 12.1 Å². The zero-order chi connectivity index (χ0) is 23.1. The Morgan fingerprint density at radius 2 is 1.68 bits per heavy atom. The van der Waals surface area contributed by atoms with E-state index in [1.54, 1.807) is 29.2 Å². The molecule has 0 radical (unpaired) electrons. The average molecular weight is 456 g/mol. The highest BCUT2D eigenvalue weighted by atomic mass is 16.7. The third-order valence-corrected chi connectivity index (χ3v) is 6.06. The van der Waals surface area contributed by atoms with E-state index in [-0.39, 0.29) is 23.9 Å². The van der Waals surface area contributed by atoms with Crippen LogP contribution in [0.3, 0.4) is 0 Å². The average Bonchev–Trinajstić information content (AvgIpc) is 3.36. The van der Waals surface area contributed by atoms with Gasteiger partial charge in [0.1, 0.15) is 5.58 Å². The number of benzene rings is 2. The normalized spacial score (nSPS) is 15.1. The van der Waals surface area contributed by atoms with Crippen molar-refractivity contribution in [2.75, 3.05) is 37.9 Å².